The molecule has 1 amide bonds. The third-order valence-corrected chi connectivity index (χ3v) is 4.49. The highest BCUT2D eigenvalue weighted by atomic mass is 127. The van der Waals surface area contributed by atoms with E-state index >= 15 is 0 Å². The van der Waals surface area contributed by atoms with Gasteiger partial charge in [0.2, 0.25) is 0 Å². The summed E-state index contributed by atoms with van der Waals surface area (Å²) in [4.78, 5) is 14.3. The maximum atomic E-state index is 12.4. The van der Waals surface area contributed by atoms with Crippen LogP contribution in [0.4, 0.5) is 0 Å². The lowest BCUT2D eigenvalue weighted by molar-refractivity contribution is 0.0695. The van der Waals surface area contributed by atoms with Gasteiger partial charge < -0.3 is 4.90 Å². The summed E-state index contributed by atoms with van der Waals surface area (Å²) < 4.78 is 1.04. The molecule has 0 saturated heterocycles. The van der Waals surface area contributed by atoms with Gasteiger partial charge in [0.05, 0.1) is 5.56 Å². The summed E-state index contributed by atoms with van der Waals surface area (Å²) in [6.07, 6.45) is 6.15. The molecule has 0 atom stereocenters. The molecule has 0 radical (unpaired) electrons. The quantitative estimate of drug-likeness (QED) is 0.750. The summed E-state index contributed by atoms with van der Waals surface area (Å²) in [5, 5.41) is 0. The zero-order valence-corrected chi connectivity index (χ0v) is 12.3. The molecule has 0 N–H and O–H groups in total. The Bertz CT molecular complexity index is 399. The number of amides is 1. The summed E-state index contributed by atoms with van der Waals surface area (Å²) in [5.74, 6) is 0.168. The Morgan fingerprint density at radius 1 is 1.24 bits per heavy atom. The molecular formula is C14H18INO. The molecule has 0 aliphatic heterocycles. The molecular weight excluding hydrogens is 325 g/mol. The minimum Gasteiger partial charge on any atom is -0.339 e. The van der Waals surface area contributed by atoms with Gasteiger partial charge in [-0.15, -0.1) is 0 Å². The molecule has 3 heteroatoms. The molecule has 0 aromatic heterocycles. The Morgan fingerprint density at radius 2 is 1.88 bits per heavy atom. The van der Waals surface area contributed by atoms with Crippen molar-refractivity contribution < 1.29 is 4.79 Å². The molecule has 0 heterocycles. The number of carbonyl (C=O) groups excluding carboxylic acids is 1. The predicted molar refractivity (Wildman–Crippen MR) is 78.1 cm³/mol. The smallest absolute Gasteiger partial charge is 0.254 e. The summed E-state index contributed by atoms with van der Waals surface area (Å²) in [6.45, 7) is 0. The number of carbonyl (C=O) groups is 1. The molecule has 0 bridgehead atoms. The van der Waals surface area contributed by atoms with Gasteiger partial charge in [0, 0.05) is 16.7 Å². The first-order valence-electron chi connectivity index (χ1n) is 6.22. The van der Waals surface area contributed by atoms with Crippen LogP contribution in [-0.2, 0) is 0 Å². The van der Waals surface area contributed by atoms with Crippen molar-refractivity contribution in [1.29, 1.82) is 0 Å². The van der Waals surface area contributed by atoms with E-state index in [0.29, 0.717) is 6.04 Å². The Balaban J connectivity index is 2.11. The van der Waals surface area contributed by atoms with Crippen LogP contribution in [0.2, 0.25) is 0 Å². The highest BCUT2D eigenvalue weighted by molar-refractivity contribution is 14.1. The van der Waals surface area contributed by atoms with Gasteiger partial charge in [0.15, 0.2) is 0 Å². The average Bonchev–Trinajstić information content (AvgIpc) is 2.39. The first-order valence-corrected chi connectivity index (χ1v) is 7.29. The second-order valence-electron chi connectivity index (χ2n) is 4.69. The molecule has 1 saturated carbocycles. The van der Waals surface area contributed by atoms with Gasteiger partial charge in [-0.2, -0.15) is 0 Å². The third kappa shape index (κ3) is 3.00. The van der Waals surface area contributed by atoms with Crippen LogP contribution in [0.1, 0.15) is 42.5 Å². The predicted octanol–water partition coefficient (Wildman–Crippen LogP) is 3.70. The van der Waals surface area contributed by atoms with Crippen molar-refractivity contribution >= 4 is 28.5 Å². The molecule has 17 heavy (non-hydrogen) atoms. The van der Waals surface area contributed by atoms with Gasteiger partial charge in [-0.3, -0.25) is 4.79 Å². The monoisotopic (exact) mass is 343 g/mol. The average molecular weight is 343 g/mol. The van der Waals surface area contributed by atoms with Gasteiger partial charge in [0.25, 0.3) is 5.91 Å². The largest absolute Gasteiger partial charge is 0.339 e. The zero-order chi connectivity index (χ0) is 12.3. The summed E-state index contributed by atoms with van der Waals surface area (Å²) in [6, 6.07) is 8.25. The first kappa shape index (κ1) is 12.9. The van der Waals surface area contributed by atoms with Gasteiger partial charge >= 0.3 is 0 Å². The number of halogens is 1. The maximum Gasteiger partial charge on any atom is 0.254 e. The summed E-state index contributed by atoms with van der Waals surface area (Å²) in [5.41, 5.74) is 0.834. The number of hydrogen-bond donors (Lipinski definition) is 0. The molecule has 0 spiro atoms. The zero-order valence-electron chi connectivity index (χ0n) is 10.2. The van der Waals surface area contributed by atoms with Crippen molar-refractivity contribution in [2.75, 3.05) is 7.05 Å². The third-order valence-electron chi connectivity index (χ3n) is 3.55. The van der Waals surface area contributed by atoms with E-state index in [1.54, 1.807) is 0 Å². The molecule has 1 aromatic carbocycles. The second kappa shape index (κ2) is 5.85. The Morgan fingerprint density at radius 3 is 2.53 bits per heavy atom. The Labute approximate surface area is 117 Å². The van der Waals surface area contributed by atoms with Gasteiger partial charge in [0.1, 0.15) is 0 Å². The normalized spacial score (nSPS) is 16.8. The van der Waals surface area contributed by atoms with Gasteiger partial charge in [-0.25, -0.2) is 0 Å². The van der Waals surface area contributed by atoms with Crippen LogP contribution in [0.15, 0.2) is 24.3 Å². The SMILES string of the molecule is CN(C(=O)c1ccccc1I)C1CCCCC1. The fourth-order valence-electron chi connectivity index (χ4n) is 2.46. The van der Waals surface area contributed by atoms with E-state index in [0.717, 1.165) is 22.0 Å². The first-order chi connectivity index (χ1) is 8.20. The van der Waals surface area contributed by atoms with E-state index in [1.807, 2.05) is 36.2 Å². The molecule has 1 aliphatic rings. The molecule has 2 nitrogen and oxygen atoms in total. The van der Waals surface area contributed by atoms with E-state index < -0.39 is 0 Å². The van der Waals surface area contributed by atoms with Crippen molar-refractivity contribution in [2.45, 2.75) is 38.1 Å². The van der Waals surface area contributed by atoms with Crippen LogP contribution < -0.4 is 0 Å². The highest BCUT2D eigenvalue weighted by Crippen LogP contribution is 2.23. The van der Waals surface area contributed by atoms with E-state index in [9.17, 15) is 4.79 Å². The molecule has 1 fully saturated rings. The van der Waals surface area contributed by atoms with Crippen molar-refractivity contribution in [3.63, 3.8) is 0 Å². The van der Waals surface area contributed by atoms with Crippen LogP contribution in [0.25, 0.3) is 0 Å². The van der Waals surface area contributed by atoms with Crippen LogP contribution in [0.3, 0.4) is 0 Å². The fraction of sp³-hybridized carbons (Fsp3) is 0.500. The maximum absolute atomic E-state index is 12.4. The molecule has 92 valence electrons. The number of nitrogens with zero attached hydrogens (tertiary/aromatic N) is 1. The van der Waals surface area contributed by atoms with Crippen LogP contribution in [0, 0.1) is 3.57 Å². The lowest BCUT2D eigenvalue weighted by Crippen LogP contribution is -2.38. The van der Waals surface area contributed by atoms with Crippen molar-refractivity contribution in [3.05, 3.63) is 33.4 Å². The van der Waals surface area contributed by atoms with Crippen LogP contribution >= 0.6 is 22.6 Å². The van der Waals surface area contributed by atoms with Crippen molar-refractivity contribution in [2.24, 2.45) is 0 Å². The van der Waals surface area contributed by atoms with Crippen LogP contribution in [-0.4, -0.2) is 23.9 Å². The second-order valence-corrected chi connectivity index (χ2v) is 5.85. The van der Waals surface area contributed by atoms with Crippen molar-refractivity contribution in [1.82, 2.24) is 4.90 Å². The van der Waals surface area contributed by atoms with Crippen LogP contribution in [0.5, 0.6) is 0 Å². The summed E-state index contributed by atoms with van der Waals surface area (Å²) in [7, 11) is 1.95. The number of rotatable bonds is 2. The van der Waals surface area contributed by atoms with E-state index in [1.165, 1.54) is 19.3 Å². The Hall–Kier alpha value is -0.580. The standard InChI is InChI=1S/C14H18INO/c1-16(11-7-3-2-4-8-11)14(17)12-9-5-6-10-13(12)15/h5-6,9-11H,2-4,7-8H2,1H3. The molecule has 2 rings (SSSR count). The number of benzene rings is 1. The Kier molecular flexibility index (Phi) is 4.42. The lowest BCUT2D eigenvalue weighted by Gasteiger charge is -2.31. The minimum absolute atomic E-state index is 0.168. The molecule has 0 unspecified atom stereocenters. The minimum atomic E-state index is 0.168. The lowest BCUT2D eigenvalue weighted by atomic mass is 9.94. The molecule has 1 aliphatic carbocycles. The molecule has 1 aromatic rings. The summed E-state index contributed by atoms with van der Waals surface area (Å²) >= 11 is 2.23. The topological polar surface area (TPSA) is 20.3 Å². The van der Waals surface area contributed by atoms with Gasteiger partial charge in [-0.05, 0) is 47.6 Å². The van der Waals surface area contributed by atoms with Crippen molar-refractivity contribution in [3.8, 4) is 0 Å². The van der Waals surface area contributed by atoms with Gasteiger partial charge in [-0.1, -0.05) is 31.4 Å². The van der Waals surface area contributed by atoms with E-state index in [4.69, 9.17) is 0 Å². The number of hydrogen-bond acceptors (Lipinski definition) is 1. The fourth-order valence-corrected chi connectivity index (χ4v) is 3.08. The van der Waals surface area contributed by atoms with E-state index in [2.05, 4.69) is 22.6 Å². The highest BCUT2D eigenvalue weighted by Gasteiger charge is 2.23. The van der Waals surface area contributed by atoms with E-state index in [-0.39, 0.29) is 5.91 Å².